The number of thiocarbonyl (C=S) groups is 1. The van der Waals surface area contributed by atoms with Crippen molar-refractivity contribution in [1.82, 2.24) is 9.38 Å². The Morgan fingerprint density at radius 2 is 2.23 bits per heavy atom. The second kappa shape index (κ2) is 3.08. The van der Waals surface area contributed by atoms with Gasteiger partial charge < -0.3 is 10.1 Å². The van der Waals surface area contributed by atoms with Crippen LogP contribution in [0.2, 0.25) is 0 Å². The summed E-state index contributed by atoms with van der Waals surface area (Å²) in [5, 5.41) is 0. The third-order valence-electron chi connectivity index (χ3n) is 1.67. The third-order valence-corrected chi connectivity index (χ3v) is 2.35. The van der Waals surface area contributed by atoms with Crippen LogP contribution in [-0.2, 0) is 0 Å². The van der Waals surface area contributed by atoms with E-state index in [9.17, 15) is 0 Å². The van der Waals surface area contributed by atoms with Gasteiger partial charge in [-0.3, -0.25) is 0 Å². The maximum absolute atomic E-state index is 5.46. The molecule has 3 nitrogen and oxygen atoms in total. The molecule has 0 saturated carbocycles. The molecule has 0 radical (unpaired) electrons. The van der Waals surface area contributed by atoms with Crippen LogP contribution in [0, 0.1) is 0 Å². The maximum atomic E-state index is 5.46. The van der Waals surface area contributed by atoms with E-state index in [2.05, 4.69) is 20.9 Å². The van der Waals surface area contributed by atoms with Gasteiger partial charge in [0.2, 0.25) is 0 Å². The van der Waals surface area contributed by atoms with Gasteiger partial charge in [0.25, 0.3) is 0 Å². The maximum Gasteiger partial charge on any atom is 0.137 e. The van der Waals surface area contributed by atoms with Gasteiger partial charge in [-0.25, -0.2) is 4.98 Å². The van der Waals surface area contributed by atoms with Crippen molar-refractivity contribution >= 4 is 38.8 Å². The van der Waals surface area contributed by atoms with E-state index in [1.165, 1.54) is 0 Å². The molecule has 2 aromatic rings. The molecule has 0 spiro atoms. The Bertz CT molecular complexity index is 477. The van der Waals surface area contributed by atoms with Gasteiger partial charge in [-0.2, -0.15) is 0 Å². The van der Waals surface area contributed by atoms with Crippen molar-refractivity contribution in [2.75, 3.05) is 0 Å². The predicted octanol–water partition coefficient (Wildman–Crippen LogP) is 1.73. The molecule has 2 heterocycles. The summed E-state index contributed by atoms with van der Waals surface area (Å²) in [7, 11) is 0. The number of pyridine rings is 1. The van der Waals surface area contributed by atoms with Gasteiger partial charge in [-0.1, -0.05) is 12.2 Å². The molecule has 0 aliphatic heterocycles. The molecule has 0 atom stereocenters. The number of hydrogen-bond acceptors (Lipinski definition) is 2. The molecule has 0 bridgehead atoms. The summed E-state index contributed by atoms with van der Waals surface area (Å²) in [5.74, 6) is 0. The van der Waals surface area contributed by atoms with E-state index in [4.69, 9.17) is 18.0 Å². The normalized spacial score (nSPS) is 10.5. The van der Waals surface area contributed by atoms with E-state index in [0.29, 0.717) is 10.7 Å². The van der Waals surface area contributed by atoms with Crippen LogP contribution in [0.15, 0.2) is 29.0 Å². The Balaban J connectivity index is 2.68. The monoisotopic (exact) mass is 255 g/mol. The van der Waals surface area contributed by atoms with E-state index in [1.54, 1.807) is 0 Å². The molecule has 2 N–H and O–H groups in total. The highest BCUT2D eigenvalue weighted by Crippen LogP contribution is 2.12. The lowest BCUT2D eigenvalue weighted by molar-refractivity contribution is 1.17. The smallest absolute Gasteiger partial charge is 0.137 e. The summed E-state index contributed by atoms with van der Waals surface area (Å²) >= 11 is 8.19. The molecule has 5 heteroatoms. The van der Waals surface area contributed by atoms with Gasteiger partial charge in [0.05, 0.1) is 0 Å². The molecule has 66 valence electrons. The lowest BCUT2D eigenvalue weighted by atomic mass is 10.5. The highest BCUT2D eigenvalue weighted by Gasteiger charge is 2.02. The number of nitrogens with two attached hydrogens (primary N) is 1. The fourth-order valence-corrected chi connectivity index (χ4v) is 1.53. The molecule has 13 heavy (non-hydrogen) atoms. The molecular weight excluding hydrogens is 250 g/mol. The van der Waals surface area contributed by atoms with Crippen molar-refractivity contribution in [3.8, 4) is 0 Å². The van der Waals surface area contributed by atoms with Gasteiger partial charge in [0.1, 0.15) is 16.3 Å². The summed E-state index contributed by atoms with van der Waals surface area (Å²) < 4.78 is 2.87. The van der Waals surface area contributed by atoms with Crippen LogP contribution < -0.4 is 5.73 Å². The first-order chi connectivity index (χ1) is 6.16. The summed E-state index contributed by atoms with van der Waals surface area (Å²) in [6.45, 7) is 0. The fraction of sp³-hybridized carbons (Fsp3) is 0. The molecular formula is C8H6BrN3S. The van der Waals surface area contributed by atoms with E-state index in [1.807, 2.05) is 28.9 Å². The van der Waals surface area contributed by atoms with Crippen LogP contribution in [0.25, 0.3) is 5.65 Å². The first-order valence-corrected chi connectivity index (χ1v) is 4.81. The third kappa shape index (κ3) is 1.57. The van der Waals surface area contributed by atoms with Crippen LogP contribution in [-0.4, -0.2) is 14.4 Å². The minimum Gasteiger partial charge on any atom is -0.388 e. The summed E-state index contributed by atoms with van der Waals surface area (Å²) in [6.07, 6.45) is 3.71. The SMILES string of the molecule is NC(=S)c1cn2cc(Br)ccc2n1. The largest absolute Gasteiger partial charge is 0.388 e. The number of nitrogens with zero attached hydrogens (tertiary/aromatic N) is 2. The predicted molar refractivity (Wildman–Crippen MR) is 58.8 cm³/mol. The molecule has 2 aromatic heterocycles. The lowest BCUT2D eigenvalue weighted by Crippen LogP contribution is -2.09. The van der Waals surface area contributed by atoms with Crippen LogP contribution in [0.4, 0.5) is 0 Å². The Labute approximate surface area is 88.7 Å². The van der Waals surface area contributed by atoms with E-state index >= 15 is 0 Å². The zero-order valence-electron chi connectivity index (χ0n) is 6.57. The first kappa shape index (κ1) is 8.65. The second-order valence-electron chi connectivity index (χ2n) is 2.60. The van der Waals surface area contributed by atoms with Gasteiger partial charge in [-0.05, 0) is 28.1 Å². The van der Waals surface area contributed by atoms with Gasteiger partial charge in [-0.15, -0.1) is 0 Å². The van der Waals surface area contributed by atoms with Crippen LogP contribution >= 0.6 is 28.1 Å². The number of halogens is 1. The number of rotatable bonds is 1. The van der Waals surface area contributed by atoms with Gasteiger partial charge in [0, 0.05) is 16.9 Å². The quantitative estimate of drug-likeness (QED) is 0.790. The minimum absolute atomic E-state index is 0.319. The van der Waals surface area contributed by atoms with Crippen molar-refractivity contribution in [3.63, 3.8) is 0 Å². The van der Waals surface area contributed by atoms with Crippen molar-refractivity contribution in [2.45, 2.75) is 0 Å². The molecule has 0 aliphatic carbocycles. The molecule has 0 aromatic carbocycles. The first-order valence-electron chi connectivity index (χ1n) is 3.61. The fourth-order valence-electron chi connectivity index (χ4n) is 1.08. The molecule has 0 fully saturated rings. The minimum atomic E-state index is 0.319. The topological polar surface area (TPSA) is 43.3 Å². The van der Waals surface area contributed by atoms with Gasteiger partial charge in [0.15, 0.2) is 0 Å². The number of imidazole rings is 1. The van der Waals surface area contributed by atoms with Crippen molar-refractivity contribution < 1.29 is 0 Å². The van der Waals surface area contributed by atoms with E-state index in [-0.39, 0.29) is 0 Å². The van der Waals surface area contributed by atoms with Crippen LogP contribution in [0.3, 0.4) is 0 Å². The highest BCUT2D eigenvalue weighted by atomic mass is 79.9. The number of hydrogen-bond donors (Lipinski definition) is 1. The van der Waals surface area contributed by atoms with Crippen LogP contribution in [0.1, 0.15) is 5.69 Å². The van der Waals surface area contributed by atoms with Crippen LogP contribution in [0.5, 0.6) is 0 Å². The lowest BCUT2D eigenvalue weighted by Gasteiger charge is -1.91. The Hall–Kier alpha value is -0.940. The molecule has 0 unspecified atom stereocenters. The van der Waals surface area contributed by atoms with E-state index < -0.39 is 0 Å². The van der Waals surface area contributed by atoms with Crippen molar-refractivity contribution in [3.05, 3.63) is 34.7 Å². The Morgan fingerprint density at radius 3 is 2.92 bits per heavy atom. The summed E-state index contributed by atoms with van der Waals surface area (Å²) in [4.78, 5) is 4.55. The second-order valence-corrected chi connectivity index (χ2v) is 3.96. The molecule has 0 saturated heterocycles. The zero-order valence-corrected chi connectivity index (χ0v) is 8.97. The number of aromatic nitrogens is 2. The Kier molecular flexibility index (Phi) is 2.05. The summed E-state index contributed by atoms with van der Waals surface area (Å²) in [5.41, 5.74) is 6.94. The van der Waals surface area contributed by atoms with E-state index in [0.717, 1.165) is 10.1 Å². The molecule has 2 rings (SSSR count). The molecule has 0 aliphatic rings. The number of fused-ring (bicyclic) bond motifs is 1. The van der Waals surface area contributed by atoms with Gasteiger partial charge >= 0.3 is 0 Å². The van der Waals surface area contributed by atoms with Crippen molar-refractivity contribution in [2.24, 2.45) is 5.73 Å². The highest BCUT2D eigenvalue weighted by molar-refractivity contribution is 9.10. The average Bonchev–Trinajstić information content (AvgIpc) is 2.46. The summed E-state index contributed by atoms with van der Waals surface area (Å²) in [6, 6.07) is 3.82. The van der Waals surface area contributed by atoms with Crippen molar-refractivity contribution in [1.29, 1.82) is 0 Å². The average molecular weight is 256 g/mol. The zero-order chi connectivity index (χ0) is 9.42. The molecule has 0 amide bonds. The Morgan fingerprint density at radius 1 is 1.46 bits per heavy atom. The standard InChI is InChI=1S/C8H6BrN3S/c9-5-1-2-7-11-6(8(10)13)4-12(7)3-5/h1-4H,(H2,10,13).